The van der Waals surface area contributed by atoms with Crippen LogP contribution < -0.4 is 4.90 Å². The van der Waals surface area contributed by atoms with Crippen LogP contribution in [-0.4, -0.2) is 0 Å². The fourth-order valence-corrected chi connectivity index (χ4v) is 7.23. The molecule has 44 heavy (non-hydrogen) atoms. The Hall–Kier alpha value is -4.82. The molecule has 1 heterocycles. The van der Waals surface area contributed by atoms with Crippen molar-refractivity contribution in [2.75, 3.05) is 4.90 Å². The third kappa shape index (κ3) is 3.94. The molecule has 0 amide bonds. The summed E-state index contributed by atoms with van der Waals surface area (Å²) in [5.74, 6) is 0. The van der Waals surface area contributed by atoms with Crippen LogP contribution in [0.25, 0.3) is 54.3 Å². The summed E-state index contributed by atoms with van der Waals surface area (Å²) < 4.78 is 6.64. The van der Waals surface area contributed by atoms with Gasteiger partial charge >= 0.3 is 0 Å². The molecule has 0 aliphatic heterocycles. The molecule has 0 aliphatic rings. The highest BCUT2D eigenvalue weighted by Gasteiger charge is 2.28. The first-order valence-electron chi connectivity index (χ1n) is 15.6. The van der Waals surface area contributed by atoms with Gasteiger partial charge in [0, 0.05) is 21.8 Å². The molecule has 0 fully saturated rings. The molecule has 2 nitrogen and oxygen atoms in total. The highest BCUT2D eigenvalue weighted by atomic mass is 16.3. The summed E-state index contributed by atoms with van der Waals surface area (Å²) in [6.45, 7) is 13.9. The van der Waals surface area contributed by atoms with E-state index in [2.05, 4.69) is 156 Å². The normalized spacial score (nSPS) is 12.8. The Morgan fingerprint density at radius 1 is 0.477 bits per heavy atom. The first-order chi connectivity index (χ1) is 21.1. The molecule has 2 heteroatoms. The summed E-state index contributed by atoms with van der Waals surface area (Å²) in [5.41, 5.74) is 7.79. The van der Waals surface area contributed by atoms with Gasteiger partial charge in [0.2, 0.25) is 0 Å². The Kier molecular flexibility index (Phi) is 5.68. The minimum atomic E-state index is -0.0718. The van der Waals surface area contributed by atoms with Crippen LogP contribution >= 0.6 is 0 Å². The lowest BCUT2D eigenvalue weighted by molar-refractivity contribution is 0.595. The largest absolute Gasteiger partial charge is 0.454 e. The van der Waals surface area contributed by atoms with E-state index in [0.29, 0.717) is 0 Å². The second-order valence-corrected chi connectivity index (χ2v) is 14.2. The van der Waals surface area contributed by atoms with Crippen molar-refractivity contribution in [2.45, 2.75) is 52.4 Å². The van der Waals surface area contributed by atoms with Gasteiger partial charge < -0.3 is 9.32 Å². The molecule has 0 unspecified atom stereocenters. The molecular weight excluding hydrogens is 534 g/mol. The van der Waals surface area contributed by atoms with Crippen LogP contribution in [0.1, 0.15) is 52.7 Å². The molecule has 0 atom stereocenters. The summed E-state index contributed by atoms with van der Waals surface area (Å²) in [6, 6.07) is 42.1. The topological polar surface area (TPSA) is 16.4 Å². The third-order valence-electron chi connectivity index (χ3n) is 9.26. The van der Waals surface area contributed by atoms with Gasteiger partial charge in [-0.05, 0) is 79.2 Å². The second-order valence-electron chi connectivity index (χ2n) is 14.2. The maximum absolute atomic E-state index is 6.64. The van der Waals surface area contributed by atoms with Gasteiger partial charge in [0.1, 0.15) is 5.58 Å². The van der Waals surface area contributed by atoms with Gasteiger partial charge in [0.15, 0.2) is 5.58 Å². The highest BCUT2D eigenvalue weighted by Crippen LogP contribution is 2.50. The summed E-state index contributed by atoms with van der Waals surface area (Å²) in [6.07, 6.45) is 0. The second kappa shape index (κ2) is 9.34. The minimum absolute atomic E-state index is 0.0327. The molecule has 7 aromatic carbocycles. The number of hydrogen-bond acceptors (Lipinski definition) is 2. The minimum Gasteiger partial charge on any atom is -0.454 e. The third-order valence-corrected chi connectivity index (χ3v) is 9.26. The zero-order valence-electron chi connectivity index (χ0n) is 26.3. The smallest absolute Gasteiger partial charge is 0.159 e. The van der Waals surface area contributed by atoms with Crippen molar-refractivity contribution >= 4 is 71.3 Å². The van der Waals surface area contributed by atoms with E-state index in [1.807, 2.05) is 6.07 Å². The van der Waals surface area contributed by atoms with E-state index in [1.54, 1.807) is 0 Å². The predicted octanol–water partition coefficient (Wildman–Crippen LogP) is 12.5. The van der Waals surface area contributed by atoms with Gasteiger partial charge in [0.25, 0.3) is 0 Å². The first-order valence-corrected chi connectivity index (χ1v) is 15.6. The number of fused-ring (bicyclic) bond motifs is 3. The summed E-state index contributed by atoms with van der Waals surface area (Å²) in [4.78, 5) is 2.41. The molecule has 0 radical (unpaired) electrons. The zero-order valence-corrected chi connectivity index (χ0v) is 26.3. The van der Waals surface area contributed by atoms with Gasteiger partial charge in [-0.1, -0.05) is 126 Å². The van der Waals surface area contributed by atoms with Gasteiger partial charge in [-0.25, -0.2) is 0 Å². The van der Waals surface area contributed by atoms with E-state index in [0.717, 1.165) is 39.0 Å². The molecule has 0 N–H and O–H groups in total. The lowest BCUT2D eigenvalue weighted by Crippen LogP contribution is -2.16. The fraction of sp³-hybridized carbons (Fsp3) is 0.190. The Labute approximate surface area is 258 Å². The molecule has 1 aromatic heterocycles. The van der Waals surface area contributed by atoms with Crippen molar-refractivity contribution in [3.8, 4) is 0 Å². The number of nitrogens with zero attached hydrogens (tertiary/aromatic N) is 1. The molecule has 0 spiro atoms. The van der Waals surface area contributed by atoms with Gasteiger partial charge in [0.05, 0.1) is 11.4 Å². The molecular formula is C42H37NO. The maximum atomic E-state index is 6.64. The van der Waals surface area contributed by atoms with E-state index in [-0.39, 0.29) is 10.8 Å². The van der Waals surface area contributed by atoms with Crippen LogP contribution in [-0.2, 0) is 10.8 Å². The predicted molar refractivity (Wildman–Crippen MR) is 190 cm³/mol. The number of furan rings is 1. The molecule has 0 saturated heterocycles. The van der Waals surface area contributed by atoms with Gasteiger partial charge in [-0.3, -0.25) is 0 Å². The molecule has 216 valence electrons. The van der Waals surface area contributed by atoms with Gasteiger partial charge in [-0.15, -0.1) is 0 Å². The van der Waals surface area contributed by atoms with Crippen molar-refractivity contribution in [3.05, 3.63) is 126 Å². The number of hydrogen-bond donors (Lipinski definition) is 0. The molecule has 8 aromatic rings. The van der Waals surface area contributed by atoms with Crippen LogP contribution in [0.15, 0.2) is 120 Å². The van der Waals surface area contributed by atoms with Crippen molar-refractivity contribution in [3.63, 3.8) is 0 Å². The average molecular weight is 572 g/mol. The van der Waals surface area contributed by atoms with Crippen LogP contribution in [0.4, 0.5) is 17.1 Å². The van der Waals surface area contributed by atoms with Crippen molar-refractivity contribution in [1.29, 1.82) is 0 Å². The van der Waals surface area contributed by atoms with Crippen LogP contribution in [0.5, 0.6) is 0 Å². The van der Waals surface area contributed by atoms with Crippen molar-refractivity contribution < 1.29 is 4.42 Å². The summed E-state index contributed by atoms with van der Waals surface area (Å²) >= 11 is 0. The average Bonchev–Trinajstić information content (AvgIpc) is 3.39. The lowest BCUT2D eigenvalue weighted by Gasteiger charge is -2.31. The molecule has 0 saturated carbocycles. The van der Waals surface area contributed by atoms with E-state index in [1.165, 1.54) is 43.4 Å². The van der Waals surface area contributed by atoms with Crippen LogP contribution in [0.3, 0.4) is 0 Å². The number of rotatable bonds is 3. The first kappa shape index (κ1) is 26.8. The Morgan fingerprint density at radius 3 is 1.89 bits per heavy atom. The van der Waals surface area contributed by atoms with Crippen molar-refractivity contribution in [1.82, 2.24) is 0 Å². The van der Waals surface area contributed by atoms with Crippen LogP contribution in [0.2, 0.25) is 0 Å². The van der Waals surface area contributed by atoms with E-state index in [4.69, 9.17) is 4.42 Å². The van der Waals surface area contributed by atoms with E-state index >= 15 is 0 Å². The SMILES string of the molecule is CC(C)(C)c1ccc2ccc3c(C(C)(C)C)cc(N(c4ccccc4)c4cccc5c4oc4ccccc45)c4ccc1c2c43. The summed E-state index contributed by atoms with van der Waals surface area (Å²) in [5, 5.41) is 10.2. The quantitative estimate of drug-likeness (QED) is 0.196. The number of para-hydroxylation sites is 3. The van der Waals surface area contributed by atoms with Gasteiger partial charge in [-0.2, -0.15) is 0 Å². The number of anilines is 3. The van der Waals surface area contributed by atoms with E-state index < -0.39 is 0 Å². The maximum Gasteiger partial charge on any atom is 0.159 e. The lowest BCUT2D eigenvalue weighted by atomic mass is 9.78. The van der Waals surface area contributed by atoms with Crippen molar-refractivity contribution in [2.24, 2.45) is 0 Å². The molecule has 0 aliphatic carbocycles. The fourth-order valence-electron chi connectivity index (χ4n) is 7.23. The Morgan fingerprint density at radius 2 is 1.11 bits per heavy atom. The number of benzene rings is 7. The summed E-state index contributed by atoms with van der Waals surface area (Å²) in [7, 11) is 0. The van der Waals surface area contributed by atoms with E-state index in [9.17, 15) is 0 Å². The van der Waals surface area contributed by atoms with Crippen LogP contribution in [0, 0.1) is 0 Å². The Bertz CT molecular complexity index is 2350. The monoisotopic (exact) mass is 571 g/mol. The molecule has 8 rings (SSSR count). The zero-order chi connectivity index (χ0) is 30.4. The molecule has 0 bridgehead atoms. The highest BCUT2D eigenvalue weighted by molar-refractivity contribution is 6.27. The standard InChI is InChI=1S/C42H37NO/c1-41(2,3)33-24-20-26-19-21-31-34(42(4,5)6)25-36(32-23-22-30(33)38(26)39(31)32)43(27-13-8-7-9-14-27)35-17-12-16-29-28-15-10-11-18-37(28)44-40(29)35/h7-25H,1-6H3. The Balaban J connectivity index is 1.55.